The average Bonchev–Trinajstić information content (AvgIpc) is 2.71. The van der Waals surface area contributed by atoms with Crippen LogP contribution in [0.1, 0.15) is 17.5 Å². The number of Topliss-reactive ketones (excluding diaryl/α,β-unsaturated/α-hetero) is 2. The van der Waals surface area contributed by atoms with Crippen LogP contribution in [0.25, 0.3) is 5.76 Å². The van der Waals surface area contributed by atoms with E-state index in [1.54, 1.807) is 0 Å². The van der Waals surface area contributed by atoms with Crippen molar-refractivity contribution in [1.82, 2.24) is 0 Å². The first kappa shape index (κ1) is 20.8. The van der Waals surface area contributed by atoms with E-state index in [4.69, 9.17) is 17.2 Å². The van der Waals surface area contributed by atoms with Gasteiger partial charge in [0.15, 0.2) is 11.4 Å². The number of aliphatic hydroxyl groups excluding tert-OH is 3. The Bertz CT molecular complexity index is 1140. The zero-order chi connectivity index (χ0) is 23.0. The topological polar surface area (TPSA) is 230 Å². The number of phenols is 1. The lowest BCUT2D eigenvalue weighted by Crippen LogP contribution is -2.67. The third-order valence-corrected chi connectivity index (χ3v) is 6.70. The van der Waals surface area contributed by atoms with Gasteiger partial charge in [-0.2, -0.15) is 0 Å². The minimum atomic E-state index is -2.84. The van der Waals surface area contributed by atoms with Crippen molar-refractivity contribution in [3.63, 3.8) is 0 Å². The quantitative estimate of drug-likeness (QED) is 0.150. The number of hydrogen-bond donors (Lipinski definition) is 8. The number of fused-ring (bicyclic) bond motifs is 3. The van der Waals surface area contributed by atoms with E-state index in [0.29, 0.717) is 0 Å². The molecule has 1 aromatic rings. The Balaban J connectivity index is 2.06. The normalized spacial score (nSPS) is 32.5. The predicted octanol–water partition coefficient (Wildman–Crippen LogP) is -1.69. The number of primary amides is 1. The summed E-state index contributed by atoms with van der Waals surface area (Å²) in [4.78, 5) is 37.8. The lowest BCUT2D eigenvalue weighted by Gasteiger charge is -2.52. The third kappa shape index (κ3) is 2.36. The molecule has 11 N–H and O–H groups in total. The highest BCUT2D eigenvalue weighted by Gasteiger charge is 2.66. The van der Waals surface area contributed by atoms with Gasteiger partial charge in [0.25, 0.3) is 5.91 Å². The number of aromatic hydroxyl groups is 1. The summed E-state index contributed by atoms with van der Waals surface area (Å²) in [5, 5.41) is 53.3. The molecular weight excluding hydrogens is 410 g/mol. The maximum absolute atomic E-state index is 13.5. The second-order valence-electron chi connectivity index (χ2n) is 8.25. The van der Waals surface area contributed by atoms with E-state index in [0.717, 1.165) is 0 Å². The molecule has 0 spiro atoms. The number of aliphatic hydroxyl groups is 4. The van der Waals surface area contributed by atoms with Crippen LogP contribution in [-0.4, -0.2) is 61.3 Å². The fraction of sp³-hybridized carbons (Fsp3) is 0.350. The van der Waals surface area contributed by atoms with Crippen molar-refractivity contribution in [3.8, 4) is 5.75 Å². The average molecular weight is 431 g/mol. The fourth-order valence-corrected chi connectivity index (χ4v) is 5.12. The van der Waals surface area contributed by atoms with Gasteiger partial charge < -0.3 is 42.7 Å². The summed E-state index contributed by atoms with van der Waals surface area (Å²) < 4.78 is 0. The first-order chi connectivity index (χ1) is 14.4. The van der Waals surface area contributed by atoms with Crippen LogP contribution in [0.5, 0.6) is 5.75 Å². The lowest BCUT2D eigenvalue weighted by molar-refractivity contribution is -0.153. The van der Waals surface area contributed by atoms with E-state index in [9.17, 15) is 39.9 Å². The Hall–Kier alpha value is -3.41. The van der Waals surface area contributed by atoms with E-state index in [1.165, 1.54) is 12.1 Å². The van der Waals surface area contributed by atoms with Gasteiger partial charge in [-0.15, -0.1) is 0 Å². The number of anilines is 1. The van der Waals surface area contributed by atoms with Gasteiger partial charge in [0.05, 0.1) is 23.8 Å². The number of phenolic OH excluding ortho intramolecular Hbond substituents is 1. The molecule has 0 heterocycles. The van der Waals surface area contributed by atoms with Crippen LogP contribution in [0.15, 0.2) is 29.0 Å². The summed E-state index contributed by atoms with van der Waals surface area (Å²) in [7, 11) is 0. The number of amides is 1. The minimum absolute atomic E-state index is 0.120. The van der Waals surface area contributed by atoms with Gasteiger partial charge in [0, 0.05) is 17.0 Å². The summed E-state index contributed by atoms with van der Waals surface area (Å²) in [5.74, 6) is -7.51. The van der Waals surface area contributed by atoms with Crippen molar-refractivity contribution in [3.05, 3.63) is 40.2 Å². The van der Waals surface area contributed by atoms with Crippen LogP contribution in [0.3, 0.4) is 0 Å². The molecule has 1 aromatic carbocycles. The van der Waals surface area contributed by atoms with Crippen molar-refractivity contribution >= 4 is 28.9 Å². The molecule has 0 aliphatic heterocycles. The lowest BCUT2D eigenvalue weighted by atomic mass is 9.52. The van der Waals surface area contributed by atoms with E-state index < -0.39 is 75.5 Å². The molecule has 1 amide bonds. The zero-order valence-electron chi connectivity index (χ0n) is 16.1. The van der Waals surface area contributed by atoms with Crippen molar-refractivity contribution < 1.29 is 39.9 Å². The van der Waals surface area contributed by atoms with Gasteiger partial charge in [0.2, 0.25) is 5.78 Å². The summed E-state index contributed by atoms with van der Waals surface area (Å²) >= 11 is 0. The van der Waals surface area contributed by atoms with Gasteiger partial charge in [0.1, 0.15) is 22.8 Å². The number of carbonyl (C=O) groups is 3. The summed E-state index contributed by atoms with van der Waals surface area (Å²) in [6, 6.07) is 1.00. The molecule has 0 saturated heterocycles. The van der Waals surface area contributed by atoms with Crippen molar-refractivity contribution in [2.24, 2.45) is 22.8 Å². The Labute approximate surface area is 175 Å². The molecule has 0 aromatic heterocycles. The molecule has 0 unspecified atom stereocenters. The first-order valence-corrected chi connectivity index (χ1v) is 9.38. The van der Waals surface area contributed by atoms with Crippen LogP contribution in [0.4, 0.5) is 5.69 Å². The first-order valence-electron chi connectivity index (χ1n) is 9.38. The standard InChI is InChI=1S/C20H21N3O8/c21-8-1-2-9(25)10-6(8)3-19(5-24)4-7-13(22)15(27)11(18(23)30)16(28)20(7,31)17(29)12(19)14(10)26/h1-2,7,13,24-26,28,31H,3-5,21-22H2,(H2,23,30)/t7-,13-,19-,20+/m0/s1. The van der Waals surface area contributed by atoms with Gasteiger partial charge in [-0.05, 0) is 30.5 Å². The smallest absolute Gasteiger partial charge is 0.255 e. The number of carbonyl (C=O) groups excluding carboxylic acids is 3. The summed E-state index contributed by atoms with van der Waals surface area (Å²) in [5.41, 5.74) is 11.5. The predicted molar refractivity (Wildman–Crippen MR) is 105 cm³/mol. The van der Waals surface area contributed by atoms with E-state index in [1.807, 2.05) is 0 Å². The number of nitrogen functional groups attached to an aromatic ring is 1. The van der Waals surface area contributed by atoms with Crippen molar-refractivity contribution in [2.45, 2.75) is 24.5 Å². The molecule has 3 aliphatic carbocycles. The third-order valence-electron chi connectivity index (χ3n) is 6.70. The highest BCUT2D eigenvalue weighted by atomic mass is 16.3. The van der Waals surface area contributed by atoms with E-state index in [-0.39, 0.29) is 29.7 Å². The van der Waals surface area contributed by atoms with E-state index >= 15 is 0 Å². The molecular formula is C20H21N3O8. The van der Waals surface area contributed by atoms with Crippen LogP contribution in [0.2, 0.25) is 0 Å². The maximum Gasteiger partial charge on any atom is 0.255 e. The van der Waals surface area contributed by atoms with Crippen LogP contribution in [-0.2, 0) is 20.8 Å². The largest absolute Gasteiger partial charge is 0.508 e. The van der Waals surface area contributed by atoms with Gasteiger partial charge in [-0.3, -0.25) is 14.4 Å². The molecule has 11 nitrogen and oxygen atoms in total. The molecule has 164 valence electrons. The number of benzene rings is 1. The van der Waals surface area contributed by atoms with Crippen molar-refractivity contribution in [1.29, 1.82) is 0 Å². The summed E-state index contributed by atoms with van der Waals surface area (Å²) in [6.07, 6.45) is -0.437. The molecule has 1 fully saturated rings. The number of ketones is 2. The van der Waals surface area contributed by atoms with Crippen molar-refractivity contribution in [2.75, 3.05) is 12.3 Å². The summed E-state index contributed by atoms with van der Waals surface area (Å²) in [6.45, 7) is -0.701. The molecule has 0 bridgehead atoms. The molecule has 31 heavy (non-hydrogen) atoms. The Morgan fingerprint density at radius 1 is 1.19 bits per heavy atom. The Kier molecular flexibility index (Phi) is 4.23. The van der Waals surface area contributed by atoms with E-state index in [2.05, 4.69) is 0 Å². The SMILES string of the molecule is NC(=O)C1=C(O)[C@@]2(O)C(=O)C3=C(O)c4c(O)ccc(N)c4C[C@@]3(CO)C[C@H]2[C@H](N)C1=O. The number of hydrogen-bond acceptors (Lipinski definition) is 10. The number of rotatable bonds is 2. The minimum Gasteiger partial charge on any atom is -0.508 e. The highest BCUT2D eigenvalue weighted by Crippen LogP contribution is 2.57. The van der Waals surface area contributed by atoms with Crippen LogP contribution < -0.4 is 17.2 Å². The Morgan fingerprint density at radius 3 is 2.42 bits per heavy atom. The monoisotopic (exact) mass is 431 g/mol. The Morgan fingerprint density at radius 2 is 1.84 bits per heavy atom. The van der Waals surface area contributed by atoms with Gasteiger partial charge in [-0.25, -0.2) is 0 Å². The molecule has 4 rings (SSSR count). The zero-order valence-corrected chi connectivity index (χ0v) is 16.1. The number of nitrogens with two attached hydrogens (primary N) is 3. The fourth-order valence-electron chi connectivity index (χ4n) is 5.12. The second-order valence-corrected chi connectivity index (χ2v) is 8.25. The van der Waals surface area contributed by atoms with Crippen LogP contribution >= 0.6 is 0 Å². The molecule has 11 heteroatoms. The van der Waals surface area contributed by atoms with Gasteiger partial charge in [-0.1, -0.05) is 0 Å². The van der Waals surface area contributed by atoms with Crippen LogP contribution in [0, 0.1) is 11.3 Å². The molecule has 1 saturated carbocycles. The molecule has 4 atom stereocenters. The molecule has 3 aliphatic rings. The second kappa shape index (κ2) is 6.30. The maximum atomic E-state index is 13.5. The highest BCUT2D eigenvalue weighted by molar-refractivity contribution is 6.24. The molecule has 0 radical (unpaired) electrons. The van der Waals surface area contributed by atoms with Gasteiger partial charge >= 0.3 is 0 Å².